The molecule has 0 radical (unpaired) electrons. The summed E-state index contributed by atoms with van der Waals surface area (Å²) in [5.41, 5.74) is 0.662. The number of carboxylic acid groups (broad SMARTS) is 1. The average Bonchev–Trinajstić information content (AvgIpc) is 2.90. The summed E-state index contributed by atoms with van der Waals surface area (Å²) in [6, 6.07) is 6.01. The first-order valence-corrected chi connectivity index (χ1v) is 7.70. The van der Waals surface area contributed by atoms with Crippen molar-refractivity contribution in [3.05, 3.63) is 35.6 Å². The van der Waals surface area contributed by atoms with Gasteiger partial charge in [0, 0.05) is 0 Å². The fraction of sp³-hybridized carbons (Fsp3) is 0.588. The molecule has 2 rings (SSSR count). The zero-order valence-corrected chi connectivity index (χ0v) is 12.2. The minimum Gasteiger partial charge on any atom is -0.481 e. The Morgan fingerprint density at radius 2 is 2.05 bits per heavy atom. The summed E-state index contributed by atoms with van der Waals surface area (Å²) in [7, 11) is 0. The van der Waals surface area contributed by atoms with E-state index < -0.39 is 18.0 Å². The maximum absolute atomic E-state index is 13.2. The molecule has 2 unspecified atom stereocenters. The molecule has 1 aliphatic carbocycles. The highest BCUT2D eigenvalue weighted by atomic mass is 19.1. The SMILES string of the molecule is O=C(O)C(Cc1cccc(F)c1)CC(O)CC1CCCC1. The molecular formula is C17H23FO3. The van der Waals surface area contributed by atoms with E-state index in [1.165, 1.54) is 25.0 Å². The number of rotatable bonds is 7. The average molecular weight is 294 g/mol. The van der Waals surface area contributed by atoms with Gasteiger partial charge in [-0.25, -0.2) is 4.39 Å². The predicted octanol–water partition coefficient (Wildman–Crippen LogP) is 3.40. The molecule has 2 N–H and O–H groups in total. The molecule has 2 atom stereocenters. The Bertz CT molecular complexity index is 469. The minimum absolute atomic E-state index is 0.238. The number of aliphatic hydroxyl groups excluding tert-OH is 1. The van der Waals surface area contributed by atoms with Gasteiger partial charge in [0.2, 0.25) is 0 Å². The standard InChI is InChI=1S/C17H23FO3/c18-15-7-3-6-13(9-15)8-14(17(20)21)11-16(19)10-12-4-1-2-5-12/h3,6-7,9,12,14,16,19H,1-2,4-5,8,10-11H2,(H,20,21). The van der Waals surface area contributed by atoms with E-state index in [1.807, 2.05) is 0 Å². The van der Waals surface area contributed by atoms with Crippen LogP contribution in [0, 0.1) is 17.7 Å². The molecular weight excluding hydrogens is 271 g/mol. The van der Waals surface area contributed by atoms with Crippen LogP contribution >= 0.6 is 0 Å². The van der Waals surface area contributed by atoms with Gasteiger partial charge in [0.05, 0.1) is 12.0 Å². The van der Waals surface area contributed by atoms with Gasteiger partial charge in [-0.1, -0.05) is 37.8 Å². The topological polar surface area (TPSA) is 57.5 Å². The van der Waals surface area contributed by atoms with E-state index in [4.69, 9.17) is 0 Å². The van der Waals surface area contributed by atoms with Crippen molar-refractivity contribution in [3.63, 3.8) is 0 Å². The Balaban J connectivity index is 1.90. The molecule has 116 valence electrons. The monoisotopic (exact) mass is 294 g/mol. The molecule has 0 amide bonds. The molecule has 21 heavy (non-hydrogen) atoms. The maximum Gasteiger partial charge on any atom is 0.306 e. The van der Waals surface area contributed by atoms with Crippen molar-refractivity contribution in [1.29, 1.82) is 0 Å². The number of aliphatic carboxylic acids is 1. The van der Waals surface area contributed by atoms with Gasteiger partial charge in [-0.05, 0) is 42.9 Å². The zero-order valence-electron chi connectivity index (χ0n) is 12.2. The van der Waals surface area contributed by atoms with Crippen LogP contribution in [0.25, 0.3) is 0 Å². The number of hydrogen-bond donors (Lipinski definition) is 2. The second kappa shape index (κ2) is 7.55. The summed E-state index contributed by atoms with van der Waals surface area (Å²) < 4.78 is 13.2. The van der Waals surface area contributed by atoms with Gasteiger partial charge in [0.1, 0.15) is 5.82 Å². The van der Waals surface area contributed by atoms with Crippen LogP contribution in [0.4, 0.5) is 4.39 Å². The third-order valence-corrected chi connectivity index (χ3v) is 4.36. The van der Waals surface area contributed by atoms with Gasteiger partial charge in [-0.2, -0.15) is 0 Å². The molecule has 0 saturated heterocycles. The van der Waals surface area contributed by atoms with Crippen molar-refractivity contribution in [2.24, 2.45) is 11.8 Å². The van der Waals surface area contributed by atoms with Gasteiger partial charge in [0.15, 0.2) is 0 Å². The summed E-state index contributed by atoms with van der Waals surface area (Å²) >= 11 is 0. The largest absolute Gasteiger partial charge is 0.481 e. The molecule has 1 saturated carbocycles. The van der Waals surface area contributed by atoms with Crippen molar-refractivity contribution in [2.75, 3.05) is 0 Å². The summed E-state index contributed by atoms with van der Waals surface area (Å²) in [6.45, 7) is 0. The highest BCUT2D eigenvalue weighted by molar-refractivity contribution is 5.70. The minimum atomic E-state index is -0.926. The van der Waals surface area contributed by atoms with Crippen LogP contribution in [0.2, 0.25) is 0 Å². The van der Waals surface area contributed by atoms with E-state index >= 15 is 0 Å². The molecule has 3 nitrogen and oxygen atoms in total. The summed E-state index contributed by atoms with van der Waals surface area (Å²) in [4.78, 5) is 11.4. The van der Waals surface area contributed by atoms with Gasteiger partial charge >= 0.3 is 5.97 Å². The Kier molecular flexibility index (Phi) is 5.74. The third-order valence-electron chi connectivity index (χ3n) is 4.36. The fourth-order valence-electron chi connectivity index (χ4n) is 3.28. The quantitative estimate of drug-likeness (QED) is 0.810. The molecule has 0 heterocycles. The van der Waals surface area contributed by atoms with Crippen LogP contribution in [0.1, 0.15) is 44.1 Å². The summed E-state index contributed by atoms with van der Waals surface area (Å²) in [5, 5.41) is 19.4. The van der Waals surface area contributed by atoms with Crippen LogP contribution in [0.3, 0.4) is 0 Å². The van der Waals surface area contributed by atoms with E-state index in [1.54, 1.807) is 12.1 Å². The molecule has 1 aromatic carbocycles. The number of carboxylic acids is 1. The normalized spacial score (nSPS) is 18.6. The van der Waals surface area contributed by atoms with Crippen molar-refractivity contribution in [1.82, 2.24) is 0 Å². The highest BCUT2D eigenvalue weighted by Gasteiger charge is 2.25. The Morgan fingerprint density at radius 1 is 1.33 bits per heavy atom. The first-order valence-electron chi connectivity index (χ1n) is 7.70. The van der Waals surface area contributed by atoms with Crippen LogP contribution in [-0.4, -0.2) is 22.3 Å². The van der Waals surface area contributed by atoms with E-state index in [0.29, 0.717) is 17.9 Å². The number of carbonyl (C=O) groups is 1. The third kappa shape index (κ3) is 5.12. The molecule has 1 aromatic rings. The van der Waals surface area contributed by atoms with E-state index in [0.717, 1.165) is 12.8 Å². The van der Waals surface area contributed by atoms with Gasteiger partial charge in [-0.15, -0.1) is 0 Å². The molecule has 0 bridgehead atoms. The van der Waals surface area contributed by atoms with Crippen LogP contribution in [0.15, 0.2) is 24.3 Å². The summed E-state index contributed by atoms with van der Waals surface area (Å²) in [6.07, 6.45) is 5.30. The van der Waals surface area contributed by atoms with Gasteiger partial charge in [0.25, 0.3) is 0 Å². The lowest BCUT2D eigenvalue weighted by Crippen LogP contribution is -2.24. The first-order chi connectivity index (χ1) is 10.0. The molecule has 0 aromatic heterocycles. The first kappa shape index (κ1) is 16.0. The Labute approximate surface area is 124 Å². The molecule has 0 aliphatic heterocycles. The predicted molar refractivity (Wildman–Crippen MR) is 78.4 cm³/mol. The van der Waals surface area contributed by atoms with Crippen molar-refractivity contribution >= 4 is 5.97 Å². The second-order valence-electron chi connectivity index (χ2n) is 6.14. The molecule has 1 fully saturated rings. The number of benzene rings is 1. The van der Waals surface area contributed by atoms with Gasteiger partial charge < -0.3 is 10.2 Å². The fourth-order valence-corrected chi connectivity index (χ4v) is 3.28. The number of aliphatic hydroxyl groups is 1. The lowest BCUT2D eigenvalue weighted by Gasteiger charge is -2.19. The van der Waals surface area contributed by atoms with E-state index in [9.17, 15) is 19.4 Å². The van der Waals surface area contributed by atoms with Crippen LogP contribution < -0.4 is 0 Å². The van der Waals surface area contributed by atoms with E-state index in [2.05, 4.69) is 0 Å². The summed E-state index contributed by atoms with van der Waals surface area (Å²) in [5.74, 6) is -1.42. The number of halogens is 1. The zero-order chi connectivity index (χ0) is 15.2. The smallest absolute Gasteiger partial charge is 0.306 e. The molecule has 0 spiro atoms. The van der Waals surface area contributed by atoms with E-state index in [-0.39, 0.29) is 18.7 Å². The lowest BCUT2D eigenvalue weighted by atomic mass is 9.89. The van der Waals surface area contributed by atoms with Crippen molar-refractivity contribution < 1.29 is 19.4 Å². The van der Waals surface area contributed by atoms with Crippen molar-refractivity contribution in [2.45, 2.75) is 51.0 Å². The van der Waals surface area contributed by atoms with Gasteiger partial charge in [-0.3, -0.25) is 4.79 Å². The lowest BCUT2D eigenvalue weighted by molar-refractivity contribution is -0.142. The maximum atomic E-state index is 13.2. The Hall–Kier alpha value is -1.42. The van der Waals surface area contributed by atoms with Crippen LogP contribution in [-0.2, 0) is 11.2 Å². The Morgan fingerprint density at radius 3 is 2.67 bits per heavy atom. The number of hydrogen-bond acceptors (Lipinski definition) is 2. The van der Waals surface area contributed by atoms with Crippen LogP contribution in [0.5, 0.6) is 0 Å². The van der Waals surface area contributed by atoms with Crippen molar-refractivity contribution in [3.8, 4) is 0 Å². The molecule has 4 heteroatoms. The molecule has 1 aliphatic rings. The second-order valence-corrected chi connectivity index (χ2v) is 6.14. The highest BCUT2D eigenvalue weighted by Crippen LogP contribution is 2.30.